The first kappa shape index (κ1) is 16.0. The summed E-state index contributed by atoms with van der Waals surface area (Å²) in [6.45, 7) is 5.54. The Morgan fingerprint density at radius 1 is 1.19 bits per heavy atom. The zero-order valence-electron chi connectivity index (χ0n) is 14.9. The average molecular weight is 366 g/mol. The van der Waals surface area contributed by atoms with Gasteiger partial charge in [-0.15, -0.1) is 11.3 Å². The Morgan fingerprint density at radius 3 is 2.69 bits per heavy atom. The summed E-state index contributed by atoms with van der Waals surface area (Å²) < 4.78 is 0. The second kappa shape index (κ2) is 6.20. The van der Waals surface area contributed by atoms with Crippen LogP contribution < -0.4 is 4.90 Å². The molecule has 1 saturated carbocycles. The molecule has 3 aliphatic rings. The summed E-state index contributed by atoms with van der Waals surface area (Å²) in [6.07, 6.45) is 9.14. The number of thiazole rings is 1. The van der Waals surface area contributed by atoms with Crippen molar-refractivity contribution in [2.75, 3.05) is 31.1 Å². The van der Waals surface area contributed by atoms with Crippen molar-refractivity contribution in [2.45, 2.75) is 26.2 Å². The van der Waals surface area contributed by atoms with Crippen LogP contribution in [-0.4, -0.2) is 47.0 Å². The van der Waals surface area contributed by atoms with E-state index in [0.29, 0.717) is 11.8 Å². The maximum absolute atomic E-state index is 12.3. The smallest absolute Gasteiger partial charge is 0.225 e. The molecule has 0 N–H and O–H groups in total. The lowest BCUT2D eigenvalue weighted by atomic mass is 10.1. The number of aromatic nitrogens is 2. The van der Waals surface area contributed by atoms with Crippen LogP contribution in [0.1, 0.15) is 34.0 Å². The molecule has 2 aliphatic carbocycles. The van der Waals surface area contributed by atoms with Crippen molar-refractivity contribution in [3.05, 3.63) is 39.6 Å². The van der Waals surface area contributed by atoms with Gasteiger partial charge in [-0.1, -0.05) is 0 Å². The molecular formula is C20H22N4OS. The number of nitrogens with zero attached hydrogens (tertiary/aromatic N) is 4. The van der Waals surface area contributed by atoms with Crippen molar-refractivity contribution in [1.82, 2.24) is 14.9 Å². The van der Waals surface area contributed by atoms with Crippen LogP contribution >= 0.6 is 11.3 Å². The van der Waals surface area contributed by atoms with Gasteiger partial charge < -0.3 is 9.80 Å². The summed E-state index contributed by atoms with van der Waals surface area (Å²) in [6, 6.07) is 2.11. The van der Waals surface area contributed by atoms with E-state index < -0.39 is 0 Å². The maximum atomic E-state index is 12.3. The molecule has 2 aromatic heterocycles. The lowest BCUT2D eigenvalue weighted by Gasteiger charge is -2.37. The summed E-state index contributed by atoms with van der Waals surface area (Å²) in [7, 11) is 0. The summed E-state index contributed by atoms with van der Waals surface area (Å²) >= 11 is 1.74. The van der Waals surface area contributed by atoms with Crippen molar-refractivity contribution in [3.8, 4) is 0 Å². The largest absolute Gasteiger partial charge is 0.367 e. The topological polar surface area (TPSA) is 49.3 Å². The van der Waals surface area contributed by atoms with Gasteiger partial charge in [0.25, 0.3) is 0 Å². The number of aryl methyl sites for hydroxylation is 1. The van der Waals surface area contributed by atoms with E-state index >= 15 is 0 Å². The van der Waals surface area contributed by atoms with Crippen molar-refractivity contribution >= 4 is 34.6 Å². The number of carbonyl (C=O) groups is 1. The molecule has 1 amide bonds. The third-order valence-electron chi connectivity index (χ3n) is 5.48. The number of fused-ring (bicyclic) bond motifs is 1. The molecule has 0 aromatic carbocycles. The average Bonchev–Trinajstić information content (AvgIpc) is 3.27. The van der Waals surface area contributed by atoms with Crippen LogP contribution in [0.3, 0.4) is 0 Å². The normalized spacial score (nSPS) is 19.5. The Kier molecular flexibility index (Phi) is 3.81. The molecule has 5 nitrogen and oxygen atoms in total. The van der Waals surface area contributed by atoms with Crippen LogP contribution in [0, 0.1) is 12.8 Å². The first-order valence-electron chi connectivity index (χ1n) is 9.34. The Labute approximate surface area is 157 Å². The van der Waals surface area contributed by atoms with Crippen molar-refractivity contribution < 1.29 is 4.79 Å². The molecule has 3 heterocycles. The van der Waals surface area contributed by atoms with Crippen LogP contribution in [0.25, 0.3) is 11.6 Å². The third kappa shape index (κ3) is 2.82. The second-order valence-corrected chi connectivity index (χ2v) is 8.63. The van der Waals surface area contributed by atoms with E-state index in [9.17, 15) is 4.79 Å². The minimum absolute atomic E-state index is 0.318. The Hall–Kier alpha value is -2.21. The molecule has 1 saturated heterocycles. The standard InChI is InChI=1S/C20H22N4OS/c1-13-12-22-19(26-13)15-10-16-17(11-15)21-5-4-18(16)23-6-8-24(9-7-23)20(25)14-2-3-14/h4-5,10,12,14H,2-3,6-9,11H2,1H3. The van der Waals surface area contributed by atoms with Gasteiger partial charge in [-0.3, -0.25) is 9.78 Å². The number of piperazine rings is 1. The Balaban J connectivity index is 1.36. The molecular weight excluding hydrogens is 344 g/mol. The molecule has 134 valence electrons. The lowest BCUT2D eigenvalue weighted by Crippen LogP contribution is -2.49. The van der Waals surface area contributed by atoms with Gasteiger partial charge in [0, 0.05) is 67.0 Å². The molecule has 5 rings (SSSR count). The highest BCUT2D eigenvalue weighted by Crippen LogP contribution is 2.37. The maximum Gasteiger partial charge on any atom is 0.225 e. The van der Waals surface area contributed by atoms with E-state index in [4.69, 9.17) is 0 Å². The van der Waals surface area contributed by atoms with Gasteiger partial charge in [0.15, 0.2) is 0 Å². The summed E-state index contributed by atoms with van der Waals surface area (Å²) in [5.41, 5.74) is 4.89. The van der Waals surface area contributed by atoms with Gasteiger partial charge in [0.2, 0.25) is 5.91 Å². The molecule has 2 aromatic rings. The number of rotatable bonds is 3. The zero-order chi connectivity index (χ0) is 17.7. The predicted octanol–water partition coefficient (Wildman–Crippen LogP) is 3.00. The van der Waals surface area contributed by atoms with Gasteiger partial charge >= 0.3 is 0 Å². The van der Waals surface area contributed by atoms with Crippen molar-refractivity contribution in [1.29, 1.82) is 0 Å². The first-order chi connectivity index (χ1) is 12.7. The third-order valence-corrected chi connectivity index (χ3v) is 6.47. The minimum Gasteiger partial charge on any atom is -0.367 e. The molecule has 6 heteroatoms. The van der Waals surface area contributed by atoms with Crippen molar-refractivity contribution in [2.24, 2.45) is 5.92 Å². The molecule has 2 fully saturated rings. The monoisotopic (exact) mass is 366 g/mol. The van der Waals surface area contributed by atoms with Crippen LogP contribution in [0.4, 0.5) is 5.69 Å². The van der Waals surface area contributed by atoms with Crippen LogP contribution in [0.2, 0.25) is 0 Å². The summed E-state index contributed by atoms with van der Waals surface area (Å²) in [4.78, 5) is 27.1. The van der Waals surface area contributed by atoms with Crippen LogP contribution in [-0.2, 0) is 11.2 Å². The molecule has 0 atom stereocenters. The van der Waals surface area contributed by atoms with E-state index in [1.165, 1.54) is 21.7 Å². The number of anilines is 1. The molecule has 0 unspecified atom stereocenters. The number of hydrogen-bond acceptors (Lipinski definition) is 5. The fourth-order valence-electron chi connectivity index (χ4n) is 3.88. The quantitative estimate of drug-likeness (QED) is 0.838. The van der Waals surface area contributed by atoms with Gasteiger partial charge in [-0.05, 0) is 37.5 Å². The highest BCUT2D eigenvalue weighted by atomic mass is 32.1. The minimum atomic E-state index is 0.318. The van der Waals surface area contributed by atoms with Crippen LogP contribution in [0.15, 0.2) is 18.5 Å². The second-order valence-electron chi connectivity index (χ2n) is 7.40. The molecule has 0 bridgehead atoms. The molecule has 0 radical (unpaired) electrons. The Morgan fingerprint density at radius 2 is 2.00 bits per heavy atom. The number of hydrogen-bond donors (Lipinski definition) is 0. The van der Waals surface area contributed by atoms with E-state index in [1.54, 1.807) is 11.3 Å². The first-order valence-corrected chi connectivity index (χ1v) is 10.2. The van der Waals surface area contributed by atoms with E-state index in [2.05, 4.69) is 38.8 Å². The van der Waals surface area contributed by atoms with E-state index in [1.807, 2.05) is 12.4 Å². The number of pyridine rings is 1. The zero-order valence-corrected chi connectivity index (χ0v) is 15.8. The number of carbonyl (C=O) groups excluding carboxylic acids is 1. The molecule has 0 spiro atoms. The number of amides is 1. The predicted molar refractivity (Wildman–Crippen MR) is 104 cm³/mol. The summed E-state index contributed by atoms with van der Waals surface area (Å²) in [5, 5.41) is 1.10. The molecule has 1 aliphatic heterocycles. The van der Waals surface area contributed by atoms with Gasteiger partial charge in [0.05, 0.1) is 5.69 Å². The molecule has 26 heavy (non-hydrogen) atoms. The fraction of sp³-hybridized carbons (Fsp3) is 0.450. The lowest BCUT2D eigenvalue weighted by molar-refractivity contribution is -0.132. The van der Waals surface area contributed by atoms with Gasteiger partial charge in [-0.25, -0.2) is 4.98 Å². The van der Waals surface area contributed by atoms with Crippen molar-refractivity contribution in [3.63, 3.8) is 0 Å². The highest BCUT2D eigenvalue weighted by Gasteiger charge is 2.35. The Bertz CT molecular complexity index is 891. The SMILES string of the molecule is Cc1cnc(C2=Cc3c(N4CCN(C(=O)C5CC5)CC4)ccnc3C2)s1. The van der Waals surface area contributed by atoms with Gasteiger partial charge in [0.1, 0.15) is 5.01 Å². The fourth-order valence-corrected chi connectivity index (χ4v) is 4.66. The number of allylic oxidation sites excluding steroid dienone is 1. The highest BCUT2D eigenvalue weighted by molar-refractivity contribution is 7.12. The van der Waals surface area contributed by atoms with Gasteiger partial charge in [-0.2, -0.15) is 0 Å². The van der Waals surface area contributed by atoms with E-state index in [-0.39, 0.29) is 0 Å². The van der Waals surface area contributed by atoms with E-state index in [0.717, 1.165) is 56.1 Å². The van der Waals surface area contributed by atoms with Crippen LogP contribution in [0.5, 0.6) is 0 Å². The summed E-state index contributed by atoms with van der Waals surface area (Å²) in [5.74, 6) is 0.685.